The molecule has 0 aliphatic carbocycles. The highest BCUT2D eigenvalue weighted by Gasteiger charge is 2.37. The normalized spacial score (nSPS) is 29.1. The van der Waals surface area contributed by atoms with E-state index in [1.807, 2.05) is 0 Å². The molecule has 0 aromatic carbocycles. The maximum atomic E-state index is 11.4. The fraction of sp³-hybridized carbons (Fsp3) is 0.455. The van der Waals surface area contributed by atoms with E-state index in [9.17, 15) is 9.90 Å². The zero-order valence-electron chi connectivity index (χ0n) is 9.36. The summed E-state index contributed by atoms with van der Waals surface area (Å²) in [4.78, 5) is 17.1. The highest BCUT2D eigenvalue weighted by atomic mass is 16.3. The number of piperidine rings is 1. The van der Waals surface area contributed by atoms with Gasteiger partial charge in [0.2, 0.25) is 5.91 Å². The lowest BCUT2D eigenvalue weighted by atomic mass is 9.94. The van der Waals surface area contributed by atoms with Crippen molar-refractivity contribution < 1.29 is 9.90 Å². The number of carbonyl (C=O) groups is 1. The second-order valence-electron chi connectivity index (χ2n) is 4.27. The number of aliphatic hydroxyl groups excluding tert-OH is 1. The van der Waals surface area contributed by atoms with Gasteiger partial charge in [0.15, 0.2) is 0 Å². The van der Waals surface area contributed by atoms with Crippen LogP contribution in [-0.4, -0.2) is 40.7 Å². The van der Waals surface area contributed by atoms with Gasteiger partial charge in [0, 0.05) is 30.7 Å². The van der Waals surface area contributed by atoms with Crippen LogP contribution < -0.4 is 16.4 Å². The van der Waals surface area contributed by atoms with Gasteiger partial charge in [0.25, 0.3) is 0 Å². The fourth-order valence-corrected chi connectivity index (χ4v) is 2.23. The van der Waals surface area contributed by atoms with E-state index in [1.165, 1.54) is 0 Å². The highest BCUT2D eigenvalue weighted by Crippen LogP contribution is 2.23. The fourth-order valence-electron chi connectivity index (χ4n) is 2.23. The molecule has 0 bridgehead atoms. The molecule has 1 saturated heterocycles. The first-order valence-electron chi connectivity index (χ1n) is 5.49. The quantitative estimate of drug-likeness (QED) is 0.600. The van der Waals surface area contributed by atoms with Crippen LogP contribution in [0, 0.1) is 0 Å². The molecule has 1 aliphatic heterocycles. The lowest BCUT2D eigenvalue weighted by Crippen LogP contribution is -2.60. The monoisotopic (exact) mass is 236 g/mol. The summed E-state index contributed by atoms with van der Waals surface area (Å²) in [6.07, 6.45) is 2.80. The van der Waals surface area contributed by atoms with Crippen LogP contribution in [0.25, 0.3) is 0 Å². The molecule has 1 aliphatic rings. The number of hydrogen-bond acceptors (Lipinski definition) is 5. The molecule has 1 fully saturated rings. The zero-order chi connectivity index (χ0) is 12.4. The van der Waals surface area contributed by atoms with Crippen molar-refractivity contribution in [1.82, 2.24) is 4.98 Å². The number of pyridine rings is 1. The first-order chi connectivity index (χ1) is 8.09. The Morgan fingerprint density at radius 3 is 2.71 bits per heavy atom. The van der Waals surface area contributed by atoms with Crippen molar-refractivity contribution in [2.75, 3.05) is 11.4 Å². The zero-order valence-corrected chi connectivity index (χ0v) is 9.36. The van der Waals surface area contributed by atoms with E-state index < -0.39 is 18.1 Å². The number of rotatable bonds is 2. The van der Waals surface area contributed by atoms with Gasteiger partial charge in [-0.15, -0.1) is 0 Å². The molecular weight excluding hydrogens is 220 g/mol. The van der Waals surface area contributed by atoms with Crippen LogP contribution in [0.5, 0.6) is 0 Å². The lowest BCUT2D eigenvalue weighted by Gasteiger charge is -2.41. The second-order valence-corrected chi connectivity index (χ2v) is 4.27. The molecule has 17 heavy (non-hydrogen) atoms. The van der Waals surface area contributed by atoms with E-state index in [0.717, 1.165) is 5.69 Å². The summed E-state index contributed by atoms with van der Waals surface area (Å²) in [7, 11) is 0. The SMILES string of the molecule is NC(=O)C1C(O)CC(N)CN1c1ccncc1. The molecule has 2 rings (SSSR count). The molecule has 1 amide bonds. The number of amides is 1. The van der Waals surface area contributed by atoms with Crippen molar-refractivity contribution in [3.05, 3.63) is 24.5 Å². The maximum absolute atomic E-state index is 11.4. The van der Waals surface area contributed by atoms with Gasteiger partial charge in [-0.1, -0.05) is 0 Å². The summed E-state index contributed by atoms with van der Waals surface area (Å²) in [6, 6.07) is 2.63. The number of aliphatic hydroxyl groups is 1. The van der Waals surface area contributed by atoms with Gasteiger partial charge in [0.05, 0.1) is 6.10 Å². The molecule has 3 atom stereocenters. The molecule has 3 unspecified atom stereocenters. The Morgan fingerprint density at radius 1 is 1.47 bits per heavy atom. The molecular formula is C11H16N4O2. The number of nitrogens with zero attached hydrogens (tertiary/aromatic N) is 2. The van der Waals surface area contributed by atoms with E-state index >= 15 is 0 Å². The predicted octanol–water partition coefficient (Wildman–Crippen LogP) is -1.17. The topological polar surface area (TPSA) is 105 Å². The molecule has 0 saturated carbocycles. The van der Waals surface area contributed by atoms with Crippen LogP contribution in [-0.2, 0) is 4.79 Å². The third-order valence-corrected chi connectivity index (χ3v) is 2.96. The van der Waals surface area contributed by atoms with E-state index in [-0.39, 0.29) is 6.04 Å². The Bertz CT molecular complexity index is 398. The highest BCUT2D eigenvalue weighted by molar-refractivity contribution is 5.84. The van der Waals surface area contributed by atoms with Gasteiger partial charge in [-0.05, 0) is 18.6 Å². The van der Waals surface area contributed by atoms with Crippen LogP contribution >= 0.6 is 0 Å². The molecule has 2 heterocycles. The van der Waals surface area contributed by atoms with Gasteiger partial charge in [-0.3, -0.25) is 9.78 Å². The van der Waals surface area contributed by atoms with Gasteiger partial charge >= 0.3 is 0 Å². The van der Waals surface area contributed by atoms with Gasteiger partial charge in [-0.2, -0.15) is 0 Å². The third kappa shape index (κ3) is 2.37. The van der Waals surface area contributed by atoms with E-state index in [2.05, 4.69) is 4.98 Å². The summed E-state index contributed by atoms with van der Waals surface area (Å²) in [5.41, 5.74) is 12.0. The molecule has 1 aromatic heterocycles. The summed E-state index contributed by atoms with van der Waals surface area (Å²) >= 11 is 0. The van der Waals surface area contributed by atoms with E-state index in [1.54, 1.807) is 29.4 Å². The summed E-state index contributed by atoms with van der Waals surface area (Å²) in [5, 5.41) is 9.90. The van der Waals surface area contributed by atoms with Crippen molar-refractivity contribution in [1.29, 1.82) is 0 Å². The Hall–Kier alpha value is -1.66. The van der Waals surface area contributed by atoms with Crippen molar-refractivity contribution in [2.24, 2.45) is 11.5 Å². The average Bonchev–Trinajstić information content (AvgIpc) is 2.28. The van der Waals surface area contributed by atoms with Crippen molar-refractivity contribution in [3.8, 4) is 0 Å². The minimum Gasteiger partial charge on any atom is -0.390 e. The third-order valence-electron chi connectivity index (χ3n) is 2.96. The van der Waals surface area contributed by atoms with Crippen LogP contribution in [0.4, 0.5) is 5.69 Å². The molecule has 1 aromatic rings. The smallest absolute Gasteiger partial charge is 0.242 e. The van der Waals surface area contributed by atoms with Crippen molar-refractivity contribution in [2.45, 2.75) is 24.6 Å². The van der Waals surface area contributed by atoms with Gasteiger partial charge < -0.3 is 21.5 Å². The van der Waals surface area contributed by atoms with Crippen LogP contribution in [0.1, 0.15) is 6.42 Å². The standard InChI is InChI=1S/C11H16N4O2/c12-7-5-9(16)10(11(13)17)15(6-7)8-1-3-14-4-2-8/h1-4,7,9-10,16H,5-6,12H2,(H2,13,17). The second kappa shape index (κ2) is 4.68. The first-order valence-corrected chi connectivity index (χ1v) is 5.49. The maximum Gasteiger partial charge on any atom is 0.242 e. The summed E-state index contributed by atoms with van der Waals surface area (Å²) in [6.45, 7) is 0.495. The number of aromatic nitrogens is 1. The molecule has 0 spiro atoms. The summed E-state index contributed by atoms with van der Waals surface area (Å²) in [5.74, 6) is -0.541. The average molecular weight is 236 g/mol. The van der Waals surface area contributed by atoms with Gasteiger partial charge in [0.1, 0.15) is 6.04 Å². The Morgan fingerprint density at radius 2 is 2.12 bits per heavy atom. The molecule has 6 nitrogen and oxygen atoms in total. The molecule has 0 radical (unpaired) electrons. The Balaban J connectivity index is 2.31. The Labute approximate surface area is 99.2 Å². The van der Waals surface area contributed by atoms with Crippen LogP contribution in [0.2, 0.25) is 0 Å². The van der Waals surface area contributed by atoms with Crippen molar-refractivity contribution >= 4 is 11.6 Å². The van der Waals surface area contributed by atoms with Crippen LogP contribution in [0.15, 0.2) is 24.5 Å². The minimum atomic E-state index is -0.829. The minimum absolute atomic E-state index is 0.172. The first kappa shape index (κ1) is 11.8. The van der Waals surface area contributed by atoms with Crippen LogP contribution in [0.3, 0.4) is 0 Å². The largest absolute Gasteiger partial charge is 0.390 e. The van der Waals surface area contributed by atoms with E-state index in [4.69, 9.17) is 11.5 Å². The molecule has 5 N–H and O–H groups in total. The number of primary amides is 1. The number of hydrogen-bond donors (Lipinski definition) is 3. The van der Waals surface area contributed by atoms with Crippen molar-refractivity contribution in [3.63, 3.8) is 0 Å². The number of nitrogens with two attached hydrogens (primary N) is 2. The van der Waals surface area contributed by atoms with E-state index in [0.29, 0.717) is 13.0 Å². The summed E-state index contributed by atoms with van der Waals surface area (Å²) < 4.78 is 0. The number of anilines is 1. The predicted molar refractivity (Wildman–Crippen MR) is 63.2 cm³/mol. The lowest BCUT2D eigenvalue weighted by molar-refractivity contribution is -0.122. The van der Waals surface area contributed by atoms with Gasteiger partial charge in [-0.25, -0.2) is 0 Å². The Kier molecular flexibility index (Phi) is 3.26. The molecule has 92 valence electrons. The number of carbonyl (C=O) groups excluding carboxylic acids is 1. The molecule has 6 heteroatoms.